The predicted molar refractivity (Wildman–Crippen MR) is 60.1 cm³/mol. The number of nitrogens with zero attached hydrogens (tertiary/aromatic N) is 2. The minimum absolute atomic E-state index is 0.0580. The monoisotopic (exact) mass is 228 g/mol. The molecule has 16 heavy (non-hydrogen) atoms. The molecule has 0 saturated carbocycles. The fourth-order valence-corrected chi connectivity index (χ4v) is 2.18. The van der Waals surface area contributed by atoms with Crippen molar-refractivity contribution >= 4 is 11.9 Å². The van der Waals surface area contributed by atoms with Crippen LogP contribution in [0.25, 0.3) is 0 Å². The van der Waals surface area contributed by atoms with Crippen molar-refractivity contribution in [1.29, 1.82) is 0 Å². The van der Waals surface area contributed by atoms with Crippen LogP contribution in [0, 0.1) is 0 Å². The van der Waals surface area contributed by atoms with Crippen LogP contribution in [-0.4, -0.2) is 59.0 Å². The molecule has 92 valence electrons. The van der Waals surface area contributed by atoms with E-state index in [1.165, 1.54) is 0 Å². The predicted octanol–water partition coefficient (Wildman–Crippen LogP) is 0.402. The summed E-state index contributed by atoms with van der Waals surface area (Å²) in [7, 11) is 1.82. The lowest BCUT2D eigenvalue weighted by Gasteiger charge is -2.28. The number of rotatable bonds is 3. The van der Waals surface area contributed by atoms with Gasteiger partial charge in [0.15, 0.2) is 0 Å². The minimum Gasteiger partial charge on any atom is -0.481 e. The molecule has 1 aliphatic rings. The van der Waals surface area contributed by atoms with Gasteiger partial charge in [-0.3, -0.25) is 14.5 Å². The number of likely N-dealkylation sites (N-methyl/N-ethyl adjacent to an activating group) is 2. The van der Waals surface area contributed by atoms with Crippen molar-refractivity contribution in [3.05, 3.63) is 0 Å². The first-order valence-corrected chi connectivity index (χ1v) is 5.69. The highest BCUT2D eigenvalue weighted by Gasteiger charge is 2.34. The van der Waals surface area contributed by atoms with E-state index in [1.807, 2.05) is 25.8 Å². The molecule has 0 aromatic carbocycles. The molecule has 0 radical (unpaired) electrons. The fourth-order valence-electron chi connectivity index (χ4n) is 2.18. The van der Waals surface area contributed by atoms with E-state index in [1.54, 1.807) is 4.90 Å². The Labute approximate surface area is 96.0 Å². The van der Waals surface area contributed by atoms with Gasteiger partial charge < -0.3 is 10.0 Å². The summed E-state index contributed by atoms with van der Waals surface area (Å²) in [6.07, 6.45) is 0.782. The highest BCUT2D eigenvalue weighted by molar-refractivity contribution is 5.86. The number of hydrogen-bond donors (Lipinski definition) is 1. The lowest BCUT2D eigenvalue weighted by Crippen LogP contribution is -2.47. The molecule has 0 aromatic heterocycles. The van der Waals surface area contributed by atoms with Crippen LogP contribution in [0.1, 0.15) is 26.7 Å². The van der Waals surface area contributed by atoms with Gasteiger partial charge in [0, 0.05) is 19.1 Å². The number of hydrogen-bond acceptors (Lipinski definition) is 3. The second-order valence-electron chi connectivity index (χ2n) is 4.36. The second-order valence-corrected chi connectivity index (χ2v) is 4.36. The summed E-state index contributed by atoms with van der Waals surface area (Å²) < 4.78 is 0. The first-order chi connectivity index (χ1) is 7.47. The van der Waals surface area contributed by atoms with Crippen molar-refractivity contribution in [2.24, 2.45) is 0 Å². The van der Waals surface area contributed by atoms with E-state index in [0.29, 0.717) is 6.54 Å². The van der Waals surface area contributed by atoms with Crippen molar-refractivity contribution in [2.75, 3.05) is 20.1 Å². The molecule has 1 fully saturated rings. The Kier molecular flexibility index (Phi) is 4.29. The maximum Gasteiger partial charge on any atom is 0.305 e. The van der Waals surface area contributed by atoms with Crippen LogP contribution >= 0.6 is 0 Å². The minimum atomic E-state index is -0.921. The molecule has 2 unspecified atom stereocenters. The first kappa shape index (κ1) is 13.0. The Hall–Kier alpha value is -1.10. The maximum atomic E-state index is 12.2. The van der Waals surface area contributed by atoms with Gasteiger partial charge in [0.25, 0.3) is 0 Å². The van der Waals surface area contributed by atoms with Gasteiger partial charge in [-0.25, -0.2) is 0 Å². The van der Waals surface area contributed by atoms with E-state index in [9.17, 15) is 9.59 Å². The number of carbonyl (C=O) groups excluding carboxylic acids is 1. The van der Waals surface area contributed by atoms with Crippen LogP contribution < -0.4 is 0 Å². The second kappa shape index (κ2) is 5.30. The Morgan fingerprint density at radius 3 is 2.69 bits per heavy atom. The van der Waals surface area contributed by atoms with Gasteiger partial charge >= 0.3 is 5.97 Å². The lowest BCUT2D eigenvalue weighted by atomic mass is 10.1. The zero-order valence-electron chi connectivity index (χ0n) is 10.1. The van der Waals surface area contributed by atoms with E-state index in [2.05, 4.69) is 0 Å². The quantitative estimate of drug-likeness (QED) is 0.759. The summed E-state index contributed by atoms with van der Waals surface area (Å²) in [5.74, 6) is -0.979. The average Bonchev–Trinajstić information content (AvgIpc) is 2.30. The molecule has 0 aromatic rings. The molecule has 0 aliphatic carbocycles. The molecule has 2 atom stereocenters. The van der Waals surface area contributed by atoms with Crippen LogP contribution in [0.2, 0.25) is 0 Å². The Bertz CT molecular complexity index is 280. The fraction of sp³-hybridized carbons (Fsp3) is 0.818. The van der Waals surface area contributed by atoms with Gasteiger partial charge in [-0.2, -0.15) is 0 Å². The number of amides is 1. The normalized spacial score (nSPS) is 27.9. The molecule has 0 spiro atoms. The number of carboxylic acid groups (broad SMARTS) is 1. The molecular formula is C11H20N2O3. The highest BCUT2D eigenvalue weighted by atomic mass is 16.4. The van der Waals surface area contributed by atoms with Gasteiger partial charge in [-0.1, -0.05) is 0 Å². The molecule has 1 aliphatic heterocycles. The number of carbonyl (C=O) groups is 2. The van der Waals surface area contributed by atoms with E-state index < -0.39 is 12.0 Å². The third-order valence-corrected chi connectivity index (χ3v) is 3.24. The molecule has 0 bridgehead atoms. The Morgan fingerprint density at radius 1 is 1.56 bits per heavy atom. The summed E-state index contributed by atoms with van der Waals surface area (Å²) in [5.41, 5.74) is 0. The first-order valence-electron chi connectivity index (χ1n) is 5.69. The van der Waals surface area contributed by atoms with E-state index in [-0.39, 0.29) is 18.4 Å². The molecule has 1 saturated heterocycles. The molecule has 1 heterocycles. The van der Waals surface area contributed by atoms with Gasteiger partial charge in [0.05, 0.1) is 12.5 Å². The molecular weight excluding hydrogens is 208 g/mol. The number of aliphatic carboxylic acids is 1. The summed E-state index contributed by atoms with van der Waals surface area (Å²) in [6.45, 7) is 5.35. The standard InChI is InChI=1S/C11H20N2O3/c1-4-13-8(2)5-6-12(3)9(11(13)16)7-10(14)15/h8-9H,4-7H2,1-3H3,(H,14,15). The summed E-state index contributed by atoms with van der Waals surface area (Å²) in [5, 5.41) is 8.82. The Balaban J connectivity index is 2.86. The zero-order valence-corrected chi connectivity index (χ0v) is 10.1. The van der Waals surface area contributed by atoms with Gasteiger partial charge in [0.1, 0.15) is 0 Å². The van der Waals surface area contributed by atoms with Crippen LogP contribution in [0.3, 0.4) is 0 Å². The van der Waals surface area contributed by atoms with Crippen molar-refractivity contribution < 1.29 is 14.7 Å². The molecule has 1 rings (SSSR count). The molecule has 5 nitrogen and oxygen atoms in total. The van der Waals surface area contributed by atoms with Crippen LogP contribution in [0.4, 0.5) is 0 Å². The van der Waals surface area contributed by atoms with Crippen LogP contribution in [0.15, 0.2) is 0 Å². The van der Waals surface area contributed by atoms with E-state index >= 15 is 0 Å². The average molecular weight is 228 g/mol. The third-order valence-electron chi connectivity index (χ3n) is 3.24. The molecule has 5 heteroatoms. The van der Waals surface area contributed by atoms with Crippen molar-refractivity contribution in [3.8, 4) is 0 Å². The van der Waals surface area contributed by atoms with Crippen molar-refractivity contribution in [2.45, 2.75) is 38.8 Å². The topological polar surface area (TPSA) is 60.9 Å². The summed E-state index contributed by atoms with van der Waals surface area (Å²) in [4.78, 5) is 26.5. The highest BCUT2D eigenvalue weighted by Crippen LogP contribution is 2.17. The van der Waals surface area contributed by atoms with E-state index in [4.69, 9.17) is 5.11 Å². The van der Waals surface area contributed by atoms with Crippen LogP contribution in [-0.2, 0) is 9.59 Å². The van der Waals surface area contributed by atoms with Crippen molar-refractivity contribution in [1.82, 2.24) is 9.80 Å². The zero-order chi connectivity index (χ0) is 12.3. The Morgan fingerprint density at radius 2 is 2.19 bits per heavy atom. The van der Waals surface area contributed by atoms with E-state index in [0.717, 1.165) is 13.0 Å². The van der Waals surface area contributed by atoms with Gasteiger partial charge in [0.2, 0.25) is 5.91 Å². The number of carboxylic acids is 1. The third kappa shape index (κ3) is 2.72. The SMILES string of the molecule is CCN1C(=O)C(CC(=O)O)N(C)CCC1C. The summed E-state index contributed by atoms with van der Waals surface area (Å²) in [6, 6.07) is -0.318. The van der Waals surface area contributed by atoms with Gasteiger partial charge in [-0.05, 0) is 27.3 Å². The van der Waals surface area contributed by atoms with Crippen LogP contribution in [0.5, 0.6) is 0 Å². The summed E-state index contributed by atoms with van der Waals surface area (Å²) >= 11 is 0. The smallest absolute Gasteiger partial charge is 0.305 e. The van der Waals surface area contributed by atoms with Crippen molar-refractivity contribution in [3.63, 3.8) is 0 Å². The van der Waals surface area contributed by atoms with Gasteiger partial charge in [-0.15, -0.1) is 0 Å². The molecule has 1 amide bonds. The lowest BCUT2D eigenvalue weighted by molar-refractivity contribution is -0.145. The molecule has 1 N–H and O–H groups in total. The largest absolute Gasteiger partial charge is 0.481 e. The maximum absolute atomic E-state index is 12.2.